The Bertz CT molecular complexity index is 692. The monoisotopic (exact) mass is 392 g/mol. The van der Waals surface area contributed by atoms with Crippen LogP contribution in [0.4, 0.5) is 11.4 Å². The summed E-state index contributed by atoms with van der Waals surface area (Å²) in [4.78, 5) is 23.3. The van der Waals surface area contributed by atoms with Gasteiger partial charge in [-0.1, -0.05) is 45.9 Å². The van der Waals surface area contributed by atoms with Crippen LogP contribution in [0.15, 0.2) is 58.3 Å². The Labute approximate surface area is 159 Å². The summed E-state index contributed by atoms with van der Waals surface area (Å²) in [5, 5.41) is 23.8. The van der Waals surface area contributed by atoms with Crippen molar-refractivity contribution in [1.82, 2.24) is 0 Å². The number of rotatable bonds is 11. The van der Waals surface area contributed by atoms with Crippen LogP contribution in [0, 0.1) is 0 Å². The smallest absolute Gasteiger partial charge is 0.305 e. The first kappa shape index (κ1) is 20.0. The highest BCUT2D eigenvalue weighted by Gasteiger charge is 2.08. The average molecular weight is 393 g/mol. The van der Waals surface area contributed by atoms with Gasteiger partial charge in [-0.3, -0.25) is 9.59 Å². The van der Waals surface area contributed by atoms with E-state index < -0.39 is 11.9 Å². The molecule has 0 unspecified atom stereocenters. The molecule has 0 aromatic heterocycles. The zero-order valence-corrected chi connectivity index (χ0v) is 15.6. The van der Waals surface area contributed by atoms with Crippen LogP contribution in [0.3, 0.4) is 0 Å². The minimum atomic E-state index is -0.835. The summed E-state index contributed by atoms with van der Waals surface area (Å²) in [6, 6.07) is 15.5. The van der Waals surface area contributed by atoms with Crippen LogP contribution in [-0.2, 0) is 9.59 Å². The van der Waals surface area contributed by atoms with Gasteiger partial charge in [0.05, 0.1) is 12.8 Å². The Morgan fingerprint density at radius 3 is 1.50 bits per heavy atom. The largest absolute Gasteiger partial charge is 0.481 e. The van der Waals surface area contributed by atoms with Crippen molar-refractivity contribution in [3.63, 3.8) is 0 Å². The zero-order valence-electron chi connectivity index (χ0n) is 14.0. The third-order valence-corrected chi connectivity index (χ3v) is 5.79. The fourth-order valence-corrected chi connectivity index (χ4v) is 4.39. The molecule has 26 heavy (non-hydrogen) atoms. The lowest BCUT2D eigenvalue weighted by Crippen LogP contribution is -2.08. The van der Waals surface area contributed by atoms with Crippen molar-refractivity contribution in [2.24, 2.45) is 0 Å². The molecule has 0 saturated carbocycles. The molecule has 0 bridgehead atoms. The van der Waals surface area contributed by atoms with Gasteiger partial charge in [-0.2, -0.15) is 0 Å². The first-order chi connectivity index (χ1) is 12.6. The predicted molar refractivity (Wildman–Crippen MR) is 106 cm³/mol. The van der Waals surface area contributed by atoms with E-state index in [2.05, 4.69) is 10.6 Å². The Hall–Kier alpha value is -2.32. The van der Waals surface area contributed by atoms with Crippen molar-refractivity contribution in [2.45, 2.75) is 22.6 Å². The minimum absolute atomic E-state index is 0.0580. The van der Waals surface area contributed by atoms with Crippen LogP contribution in [-0.4, -0.2) is 35.2 Å². The molecule has 138 valence electrons. The maximum atomic E-state index is 10.7. The molecule has 0 amide bonds. The Morgan fingerprint density at radius 1 is 0.731 bits per heavy atom. The number of aliphatic carboxylic acids is 2. The van der Waals surface area contributed by atoms with E-state index in [9.17, 15) is 9.59 Å². The van der Waals surface area contributed by atoms with E-state index in [0.29, 0.717) is 13.1 Å². The second-order valence-corrected chi connectivity index (χ2v) is 7.51. The number of carboxylic acids is 2. The number of nitrogens with one attached hydrogen (secondary N) is 2. The van der Waals surface area contributed by atoms with Gasteiger partial charge < -0.3 is 20.8 Å². The van der Waals surface area contributed by atoms with Crippen LogP contribution in [0.2, 0.25) is 0 Å². The molecular formula is C18H20N2O4S2. The van der Waals surface area contributed by atoms with Crippen LogP contribution in [0.5, 0.6) is 0 Å². The van der Waals surface area contributed by atoms with Gasteiger partial charge in [-0.25, -0.2) is 0 Å². The molecule has 4 N–H and O–H groups in total. The topological polar surface area (TPSA) is 98.7 Å². The third-order valence-electron chi connectivity index (χ3n) is 3.30. The number of hydrogen-bond acceptors (Lipinski definition) is 6. The number of para-hydroxylation sites is 2. The highest BCUT2D eigenvalue weighted by molar-refractivity contribution is 8.76. The van der Waals surface area contributed by atoms with Crippen molar-refractivity contribution in [2.75, 3.05) is 23.7 Å². The van der Waals surface area contributed by atoms with Crippen molar-refractivity contribution in [3.05, 3.63) is 48.5 Å². The Morgan fingerprint density at radius 2 is 1.12 bits per heavy atom. The van der Waals surface area contributed by atoms with Gasteiger partial charge in [0.15, 0.2) is 0 Å². The Balaban J connectivity index is 1.98. The summed E-state index contributed by atoms with van der Waals surface area (Å²) in [7, 11) is 3.13. The van der Waals surface area contributed by atoms with Crippen molar-refractivity contribution in [3.8, 4) is 0 Å². The second kappa shape index (κ2) is 10.6. The predicted octanol–water partition coefficient (Wildman–Crippen LogP) is 4.26. The van der Waals surface area contributed by atoms with E-state index in [1.54, 1.807) is 21.6 Å². The van der Waals surface area contributed by atoms with Gasteiger partial charge in [-0.05, 0) is 24.3 Å². The molecule has 8 heteroatoms. The van der Waals surface area contributed by atoms with E-state index >= 15 is 0 Å². The lowest BCUT2D eigenvalue weighted by molar-refractivity contribution is -0.137. The normalized spacial score (nSPS) is 10.3. The fourth-order valence-electron chi connectivity index (χ4n) is 2.07. The molecule has 0 heterocycles. The molecule has 2 aromatic carbocycles. The highest BCUT2D eigenvalue weighted by atomic mass is 33.1. The van der Waals surface area contributed by atoms with Crippen molar-refractivity contribution >= 4 is 44.9 Å². The third kappa shape index (κ3) is 6.89. The maximum absolute atomic E-state index is 10.7. The van der Waals surface area contributed by atoms with Crippen LogP contribution >= 0.6 is 21.6 Å². The standard InChI is InChI=1S/C18H20N2O4S2/c21-17(22)9-11-19-13-5-1-3-7-15(13)25-26-16-8-4-2-6-14(16)20-12-10-18(23)24/h1-8,19-20H,9-12H2,(H,21,22)(H,23,24). The second-order valence-electron chi connectivity index (χ2n) is 5.30. The number of benzene rings is 2. The lowest BCUT2D eigenvalue weighted by atomic mass is 10.3. The molecule has 0 aliphatic heterocycles. The van der Waals surface area contributed by atoms with Gasteiger partial charge in [0.2, 0.25) is 0 Å². The van der Waals surface area contributed by atoms with E-state index in [4.69, 9.17) is 10.2 Å². The van der Waals surface area contributed by atoms with Crippen LogP contribution < -0.4 is 10.6 Å². The van der Waals surface area contributed by atoms with Gasteiger partial charge in [0.1, 0.15) is 0 Å². The highest BCUT2D eigenvalue weighted by Crippen LogP contribution is 2.43. The lowest BCUT2D eigenvalue weighted by Gasteiger charge is -2.13. The van der Waals surface area contributed by atoms with Gasteiger partial charge >= 0.3 is 11.9 Å². The summed E-state index contributed by atoms with van der Waals surface area (Å²) < 4.78 is 0. The maximum Gasteiger partial charge on any atom is 0.305 e. The van der Waals surface area contributed by atoms with E-state index in [-0.39, 0.29) is 12.8 Å². The molecule has 2 rings (SSSR count). The molecule has 0 aliphatic rings. The number of anilines is 2. The van der Waals surface area contributed by atoms with E-state index in [1.165, 1.54) is 0 Å². The molecule has 0 saturated heterocycles. The van der Waals surface area contributed by atoms with Crippen molar-refractivity contribution in [1.29, 1.82) is 0 Å². The quantitative estimate of drug-likeness (QED) is 0.421. The summed E-state index contributed by atoms with van der Waals surface area (Å²) in [5.74, 6) is -1.67. The van der Waals surface area contributed by atoms with E-state index in [0.717, 1.165) is 21.2 Å². The van der Waals surface area contributed by atoms with E-state index in [1.807, 2.05) is 48.5 Å². The number of hydrogen-bond donors (Lipinski definition) is 4. The summed E-state index contributed by atoms with van der Waals surface area (Å²) >= 11 is 0. The number of carbonyl (C=O) groups is 2. The molecule has 0 fully saturated rings. The van der Waals surface area contributed by atoms with Gasteiger partial charge in [-0.15, -0.1) is 0 Å². The summed E-state index contributed by atoms with van der Waals surface area (Å²) in [5.41, 5.74) is 1.78. The van der Waals surface area contributed by atoms with Crippen LogP contribution in [0.25, 0.3) is 0 Å². The molecule has 0 radical (unpaired) electrons. The first-order valence-corrected chi connectivity index (χ1v) is 10.1. The molecule has 0 spiro atoms. The Kier molecular flexibility index (Phi) is 8.17. The number of carboxylic acid groups (broad SMARTS) is 2. The molecule has 6 nitrogen and oxygen atoms in total. The van der Waals surface area contributed by atoms with Crippen molar-refractivity contribution < 1.29 is 19.8 Å². The summed E-state index contributed by atoms with van der Waals surface area (Å²) in [6.45, 7) is 0.732. The molecule has 0 atom stereocenters. The molecule has 0 aliphatic carbocycles. The minimum Gasteiger partial charge on any atom is -0.481 e. The summed E-state index contributed by atoms with van der Waals surface area (Å²) in [6.07, 6.45) is 0.116. The SMILES string of the molecule is O=C(O)CCNc1ccccc1SSc1ccccc1NCCC(=O)O. The van der Waals surface area contributed by atoms with Gasteiger partial charge in [0, 0.05) is 34.3 Å². The average Bonchev–Trinajstić information content (AvgIpc) is 2.61. The first-order valence-electron chi connectivity index (χ1n) is 8.00. The van der Waals surface area contributed by atoms with Crippen LogP contribution in [0.1, 0.15) is 12.8 Å². The van der Waals surface area contributed by atoms with Gasteiger partial charge in [0.25, 0.3) is 0 Å². The molecule has 2 aromatic rings. The fraction of sp³-hybridized carbons (Fsp3) is 0.222. The zero-order chi connectivity index (χ0) is 18.8. The molecular weight excluding hydrogens is 372 g/mol.